The molecule has 1 fully saturated rings. The molecule has 0 N–H and O–H groups in total. The maximum Gasteiger partial charge on any atom is 0.245 e. The molecule has 0 atom stereocenters. The molecule has 1 aromatic heterocycles. The van der Waals surface area contributed by atoms with Gasteiger partial charge in [0.2, 0.25) is 10.0 Å². The molecule has 2 heterocycles. The number of hydrogen-bond acceptors (Lipinski definition) is 5. The standard InChI is InChI=1S/C19H17ClN2O3S2/c20-14-6-7-17-16(12-14)19(26-15-4-2-1-3-5-15)18(13-21-17)27(23,24)22-8-10-25-11-9-22/h1-7,12-13H,8-11H2. The van der Waals surface area contributed by atoms with Crippen LogP contribution >= 0.6 is 23.4 Å². The van der Waals surface area contributed by atoms with E-state index in [9.17, 15) is 8.42 Å². The van der Waals surface area contributed by atoms with E-state index in [0.717, 1.165) is 10.3 Å². The molecule has 0 spiro atoms. The first kappa shape index (κ1) is 18.7. The molecule has 0 bridgehead atoms. The lowest BCUT2D eigenvalue weighted by molar-refractivity contribution is 0.0729. The van der Waals surface area contributed by atoms with E-state index in [1.165, 1.54) is 22.3 Å². The molecular weight excluding hydrogens is 404 g/mol. The normalized spacial score (nSPS) is 15.9. The van der Waals surface area contributed by atoms with E-state index in [1.807, 2.05) is 30.3 Å². The Kier molecular flexibility index (Phi) is 5.39. The SMILES string of the molecule is O=S(=O)(c1cnc2ccc(Cl)cc2c1Sc1ccccc1)N1CCOCC1. The van der Waals surface area contributed by atoms with Gasteiger partial charge in [0.25, 0.3) is 0 Å². The number of pyridine rings is 1. The van der Waals surface area contributed by atoms with Gasteiger partial charge in [0.15, 0.2) is 0 Å². The largest absolute Gasteiger partial charge is 0.379 e. The number of fused-ring (bicyclic) bond motifs is 1. The maximum absolute atomic E-state index is 13.3. The van der Waals surface area contributed by atoms with Crippen molar-refractivity contribution in [2.75, 3.05) is 26.3 Å². The van der Waals surface area contributed by atoms with Crippen molar-refractivity contribution in [1.82, 2.24) is 9.29 Å². The summed E-state index contributed by atoms with van der Waals surface area (Å²) < 4.78 is 33.4. The van der Waals surface area contributed by atoms with E-state index in [2.05, 4.69) is 4.98 Å². The summed E-state index contributed by atoms with van der Waals surface area (Å²) in [4.78, 5) is 6.17. The van der Waals surface area contributed by atoms with E-state index in [4.69, 9.17) is 16.3 Å². The Balaban J connectivity index is 1.90. The zero-order chi connectivity index (χ0) is 18.9. The van der Waals surface area contributed by atoms with Gasteiger partial charge in [-0.15, -0.1) is 0 Å². The predicted octanol–water partition coefficient (Wildman–Crippen LogP) is 4.06. The van der Waals surface area contributed by atoms with E-state index < -0.39 is 10.0 Å². The van der Waals surface area contributed by atoms with Crippen LogP contribution in [0.2, 0.25) is 5.02 Å². The Hall–Kier alpha value is -1.64. The minimum Gasteiger partial charge on any atom is -0.379 e. The number of benzene rings is 2. The molecule has 0 radical (unpaired) electrons. The number of aromatic nitrogens is 1. The van der Waals surface area contributed by atoms with Crippen LogP contribution in [0.1, 0.15) is 0 Å². The van der Waals surface area contributed by atoms with Gasteiger partial charge in [0, 0.05) is 39.5 Å². The summed E-state index contributed by atoms with van der Waals surface area (Å²) in [5.74, 6) is 0. The molecule has 1 aliphatic heterocycles. The highest BCUT2D eigenvalue weighted by Gasteiger charge is 2.30. The van der Waals surface area contributed by atoms with Gasteiger partial charge in [-0.1, -0.05) is 41.6 Å². The van der Waals surface area contributed by atoms with Gasteiger partial charge in [-0.25, -0.2) is 8.42 Å². The summed E-state index contributed by atoms with van der Waals surface area (Å²) in [7, 11) is -3.69. The minimum atomic E-state index is -3.69. The van der Waals surface area contributed by atoms with Crippen molar-refractivity contribution in [1.29, 1.82) is 0 Å². The van der Waals surface area contributed by atoms with Crippen molar-refractivity contribution < 1.29 is 13.2 Å². The second-order valence-electron chi connectivity index (χ2n) is 6.04. The van der Waals surface area contributed by atoms with Crippen LogP contribution in [-0.2, 0) is 14.8 Å². The van der Waals surface area contributed by atoms with Gasteiger partial charge in [0.05, 0.1) is 18.7 Å². The molecule has 0 amide bonds. The molecule has 0 unspecified atom stereocenters. The first-order valence-corrected chi connectivity index (χ1v) is 11.1. The Morgan fingerprint density at radius 2 is 1.81 bits per heavy atom. The van der Waals surface area contributed by atoms with E-state index in [0.29, 0.717) is 41.7 Å². The van der Waals surface area contributed by atoms with Gasteiger partial charge < -0.3 is 4.74 Å². The van der Waals surface area contributed by atoms with Crippen LogP contribution in [0.25, 0.3) is 10.9 Å². The Labute approximate surface area is 167 Å². The van der Waals surface area contributed by atoms with Crippen molar-refractivity contribution >= 4 is 44.3 Å². The van der Waals surface area contributed by atoms with Crippen LogP contribution in [0.15, 0.2) is 69.4 Å². The fraction of sp³-hybridized carbons (Fsp3) is 0.211. The van der Waals surface area contributed by atoms with Crippen LogP contribution in [-0.4, -0.2) is 44.0 Å². The topological polar surface area (TPSA) is 59.5 Å². The lowest BCUT2D eigenvalue weighted by atomic mass is 10.2. The summed E-state index contributed by atoms with van der Waals surface area (Å²) in [5.41, 5.74) is 0.707. The third-order valence-corrected chi connectivity index (χ3v) is 7.73. The minimum absolute atomic E-state index is 0.202. The molecule has 0 saturated carbocycles. The predicted molar refractivity (Wildman–Crippen MR) is 107 cm³/mol. The fourth-order valence-corrected chi connectivity index (χ4v) is 5.95. The van der Waals surface area contributed by atoms with E-state index in [-0.39, 0.29) is 4.90 Å². The van der Waals surface area contributed by atoms with Crippen LogP contribution in [0.4, 0.5) is 0 Å². The van der Waals surface area contributed by atoms with Crippen molar-refractivity contribution in [2.45, 2.75) is 14.7 Å². The number of nitrogens with zero attached hydrogens (tertiary/aromatic N) is 2. The zero-order valence-corrected chi connectivity index (χ0v) is 16.7. The Morgan fingerprint density at radius 3 is 2.56 bits per heavy atom. The lowest BCUT2D eigenvalue weighted by Crippen LogP contribution is -2.40. The number of halogens is 1. The molecule has 0 aliphatic carbocycles. The van der Waals surface area contributed by atoms with Crippen LogP contribution in [0, 0.1) is 0 Å². The molecule has 5 nitrogen and oxygen atoms in total. The fourth-order valence-electron chi connectivity index (χ4n) is 2.94. The number of ether oxygens (including phenoxy) is 1. The molecule has 140 valence electrons. The molecule has 27 heavy (non-hydrogen) atoms. The van der Waals surface area contributed by atoms with Crippen LogP contribution < -0.4 is 0 Å². The van der Waals surface area contributed by atoms with Gasteiger partial charge >= 0.3 is 0 Å². The quantitative estimate of drug-likeness (QED) is 0.637. The number of rotatable bonds is 4. The van der Waals surface area contributed by atoms with E-state index in [1.54, 1.807) is 18.2 Å². The summed E-state index contributed by atoms with van der Waals surface area (Å²) in [6, 6.07) is 15.0. The highest BCUT2D eigenvalue weighted by molar-refractivity contribution is 8.00. The summed E-state index contributed by atoms with van der Waals surface area (Å²) in [5, 5.41) is 1.27. The molecule has 1 saturated heterocycles. The molecule has 8 heteroatoms. The number of morpholine rings is 1. The number of hydrogen-bond donors (Lipinski definition) is 0. The summed E-state index contributed by atoms with van der Waals surface area (Å²) in [6.45, 7) is 1.47. The van der Waals surface area contributed by atoms with Gasteiger partial charge in [-0.05, 0) is 30.3 Å². The monoisotopic (exact) mass is 420 g/mol. The van der Waals surface area contributed by atoms with Gasteiger partial charge in [-0.2, -0.15) is 4.31 Å². The Bertz CT molecular complexity index is 1070. The van der Waals surface area contributed by atoms with Crippen molar-refractivity contribution in [3.63, 3.8) is 0 Å². The highest BCUT2D eigenvalue weighted by Crippen LogP contribution is 2.39. The maximum atomic E-state index is 13.3. The molecule has 4 rings (SSSR count). The van der Waals surface area contributed by atoms with Crippen molar-refractivity contribution in [3.8, 4) is 0 Å². The molecule has 1 aliphatic rings. The smallest absolute Gasteiger partial charge is 0.245 e. The van der Waals surface area contributed by atoms with Gasteiger partial charge in [-0.3, -0.25) is 4.98 Å². The van der Waals surface area contributed by atoms with Crippen molar-refractivity contribution in [2.24, 2.45) is 0 Å². The number of sulfonamides is 1. The van der Waals surface area contributed by atoms with Crippen LogP contribution in [0.5, 0.6) is 0 Å². The molecule has 2 aromatic carbocycles. The average Bonchev–Trinajstić information content (AvgIpc) is 2.69. The first-order valence-electron chi connectivity index (χ1n) is 8.45. The summed E-state index contributed by atoms with van der Waals surface area (Å²) in [6.07, 6.45) is 1.45. The van der Waals surface area contributed by atoms with Gasteiger partial charge in [0.1, 0.15) is 4.90 Å². The molecule has 3 aromatic rings. The van der Waals surface area contributed by atoms with Crippen LogP contribution in [0.3, 0.4) is 0 Å². The molecular formula is C19H17ClN2O3S2. The van der Waals surface area contributed by atoms with Crippen molar-refractivity contribution in [3.05, 3.63) is 59.8 Å². The van der Waals surface area contributed by atoms with E-state index >= 15 is 0 Å². The zero-order valence-electron chi connectivity index (χ0n) is 14.3. The lowest BCUT2D eigenvalue weighted by Gasteiger charge is -2.27. The Morgan fingerprint density at radius 1 is 1.07 bits per heavy atom. The second-order valence-corrected chi connectivity index (χ2v) is 9.47. The highest BCUT2D eigenvalue weighted by atomic mass is 35.5. The first-order chi connectivity index (χ1) is 13.1. The third kappa shape index (κ3) is 3.83. The average molecular weight is 421 g/mol. The summed E-state index contributed by atoms with van der Waals surface area (Å²) >= 11 is 7.60. The second kappa shape index (κ2) is 7.77. The third-order valence-electron chi connectivity index (χ3n) is 4.30.